The molecule has 9 heteroatoms. The predicted octanol–water partition coefficient (Wildman–Crippen LogP) is 1.85. The normalized spacial score (nSPS) is 19.8. The van der Waals surface area contributed by atoms with Crippen LogP contribution in [0.15, 0.2) is 18.2 Å². The number of ether oxygens (including phenoxy) is 3. The van der Waals surface area contributed by atoms with Gasteiger partial charge in [0, 0.05) is 37.8 Å². The maximum absolute atomic E-state index is 13.3. The van der Waals surface area contributed by atoms with E-state index in [4.69, 9.17) is 14.2 Å². The molecule has 1 aromatic rings. The number of morpholine rings is 1. The number of benzene rings is 1. The summed E-state index contributed by atoms with van der Waals surface area (Å²) in [5.41, 5.74) is 1.01. The first-order valence-corrected chi connectivity index (χ1v) is 10.7. The highest BCUT2D eigenvalue weighted by Crippen LogP contribution is 2.26. The van der Waals surface area contributed by atoms with E-state index in [0.29, 0.717) is 11.3 Å². The summed E-state index contributed by atoms with van der Waals surface area (Å²) < 4.78 is 16.1. The van der Waals surface area contributed by atoms with Gasteiger partial charge in [-0.1, -0.05) is 0 Å². The van der Waals surface area contributed by atoms with Gasteiger partial charge in [0.1, 0.15) is 5.60 Å². The van der Waals surface area contributed by atoms with E-state index in [2.05, 4.69) is 0 Å². The number of hydrogen-bond donors (Lipinski definition) is 0. The Bertz CT molecular complexity index is 917. The van der Waals surface area contributed by atoms with E-state index in [1.54, 1.807) is 43.9 Å². The Balaban J connectivity index is 1.87. The molecular weight excluding hydrogens is 416 g/mol. The van der Waals surface area contributed by atoms with Crippen LogP contribution >= 0.6 is 0 Å². The average molecular weight is 447 g/mol. The number of likely N-dealkylation sites (tertiary alicyclic amines) is 1. The standard InChI is InChI=1S/C23H30N2O7/c1-14-11-16(20(27)24-7-6-8-24)13-17(12-14)25-9-10-30-18(21(25)28)19(31-15(2)26)22(29)32-23(3,4)5/h11-13,18-19H,6-10H2,1-5H3. The molecule has 0 radical (unpaired) electrons. The molecular formula is C23H30N2O7. The van der Waals surface area contributed by atoms with Crippen molar-refractivity contribution in [3.63, 3.8) is 0 Å². The fourth-order valence-corrected chi connectivity index (χ4v) is 3.60. The molecule has 3 rings (SSSR count). The van der Waals surface area contributed by atoms with Crippen LogP contribution in [0.2, 0.25) is 0 Å². The second kappa shape index (κ2) is 9.28. The average Bonchev–Trinajstić information content (AvgIpc) is 2.63. The lowest BCUT2D eigenvalue weighted by Crippen LogP contribution is -2.56. The summed E-state index contributed by atoms with van der Waals surface area (Å²) in [6.45, 7) is 9.83. The van der Waals surface area contributed by atoms with Crippen LogP contribution < -0.4 is 4.90 Å². The van der Waals surface area contributed by atoms with E-state index in [0.717, 1.165) is 32.0 Å². The number of amides is 2. The van der Waals surface area contributed by atoms with Crippen molar-refractivity contribution in [2.24, 2.45) is 0 Å². The summed E-state index contributed by atoms with van der Waals surface area (Å²) in [5.74, 6) is -2.20. The Labute approximate surface area is 187 Å². The molecule has 2 atom stereocenters. The molecule has 2 heterocycles. The van der Waals surface area contributed by atoms with Gasteiger partial charge in [-0.3, -0.25) is 14.4 Å². The Morgan fingerprint density at radius 3 is 2.38 bits per heavy atom. The van der Waals surface area contributed by atoms with Crippen LogP contribution in [-0.2, 0) is 28.6 Å². The quantitative estimate of drug-likeness (QED) is 0.636. The minimum absolute atomic E-state index is 0.0787. The van der Waals surface area contributed by atoms with Crippen LogP contribution in [0.3, 0.4) is 0 Å². The molecule has 9 nitrogen and oxygen atoms in total. The van der Waals surface area contributed by atoms with E-state index < -0.39 is 35.7 Å². The van der Waals surface area contributed by atoms with Gasteiger partial charge in [0.2, 0.25) is 6.10 Å². The Hall–Kier alpha value is -2.94. The first kappa shape index (κ1) is 23.7. The molecule has 0 N–H and O–H groups in total. The third-order valence-electron chi connectivity index (χ3n) is 5.09. The maximum atomic E-state index is 13.3. The number of esters is 2. The summed E-state index contributed by atoms with van der Waals surface area (Å²) in [4.78, 5) is 53.5. The second-order valence-corrected chi connectivity index (χ2v) is 9.05. The summed E-state index contributed by atoms with van der Waals surface area (Å²) in [7, 11) is 0. The van der Waals surface area contributed by atoms with Gasteiger partial charge in [0.25, 0.3) is 11.8 Å². The number of carbonyl (C=O) groups is 4. The van der Waals surface area contributed by atoms with E-state index in [1.807, 2.05) is 6.92 Å². The van der Waals surface area contributed by atoms with Gasteiger partial charge in [-0.15, -0.1) is 0 Å². The molecule has 2 saturated heterocycles. The number of rotatable bonds is 5. The molecule has 32 heavy (non-hydrogen) atoms. The Morgan fingerprint density at radius 2 is 1.81 bits per heavy atom. The maximum Gasteiger partial charge on any atom is 0.351 e. The molecule has 0 saturated carbocycles. The van der Waals surface area contributed by atoms with Crippen LogP contribution in [-0.4, -0.2) is 72.7 Å². The SMILES string of the molecule is CC(=O)OC(C(=O)OC(C)(C)C)C1OCCN(c2cc(C)cc(C(=O)N3CCC3)c2)C1=O. The number of hydrogen-bond acceptors (Lipinski definition) is 7. The van der Waals surface area contributed by atoms with Crippen molar-refractivity contribution in [2.45, 2.75) is 58.8 Å². The van der Waals surface area contributed by atoms with Gasteiger partial charge in [0.15, 0.2) is 6.10 Å². The molecule has 1 aromatic carbocycles. The first-order valence-electron chi connectivity index (χ1n) is 10.7. The smallest absolute Gasteiger partial charge is 0.351 e. The molecule has 2 aliphatic rings. The van der Waals surface area contributed by atoms with Crippen molar-refractivity contribution in [1.29, 1.82) is 0 Å². The van der Waals surface area contributed by atoms with Gasteiger partial charge in [0.05, 0.1) is 6.61 Å². The summed E-state index contributed by atoms with van der Waals surface area (Å²) in [6.07, 6.45) is -1.90. The molecule has 0 spiro atoms. The summed E-state index contributed by atoms with van der Waals surface area (Å²) >= 11 is 0. The first-order chi connectivity index (χ1) is 15.0. The zero-order valence-corrected chi connectivity index (χ0v) is 19.2. The Kier molecular flexibility index (Phi) is 6.88. The molecule has 0 aromatic heterocycles. The summed E-state index contributed by atoms with van der Waals surface area (Å²) in [5, 5.41) is 0. The minimum Gasteiger partial charge on any atom is -0.457 e. The highest BCUT2D eigenvalue weighted by Gasteiger charge is 2.44. The van der Waals surface area contributed by atoms with Gasteiger partial charge in [-0.25, -0.2) is 4.79 Å². The zero-order valence-electron chi connectivity index (χ0n) is 19.2. The molecule has 2 fully saturated rings. The second-order valence-electron chi connectivity index (χ2n) is 9.05. The number of aryl methyl sites for hydroxylation is 1. The van der Waals surface area contributed by atoms with Crippen molar-refractivity contribution >= 4 is 29.4 Å². The predicted molar refractivity (Wildman–Crippen MR) is 115 cm³/mol. The monoisotopic (exact) mass is 446 g/mol. The van der Waals surface area contributed by atoms with Gasteiger partial charge < -0.3 is 24.0 Å². The van der Waals surface area contributed by atoms with Crippen LogP contribution in [0, 0.1) is 6.92 Å². The largest absolute Gasteiger partial charge is 0.457 e. The molecule has 2 unspecified atom stereocenters. The lowest BCUT2D eigenvalue weighted by atomic mass is 10.0. The van der Waals surface area contributed by atoms with Crippen LogP contribution in [0.4, 0.5) is 5.69 Å². The minimum atomic E-state index is -1.53. The fourth-order valence-electron chi connectivity index (χ4n) is 3.60. The van der Waals surface area contributed by atoms with Crippen molar-refractivity contribution in [3.8, 4) is 0 Å². The summed E-state index contributed by atoms with van der Waals surface area (Å²) in [6, 6.07) is 5.25. The van der Waals surface area contributed by atoms with E-state index >= 15 is 0 Å². The van der Waals surface area contributed by atoms with E-state index in [1.165, 1.54) is 4.90 Å². The fraction of sp³-hybridized carbons (Fsp3) is 0.565. The van der Waals surface area contributed by atoms with E-state index in [-0.39, 0.29) is 19.1 Å². The van der Waals surface area contributed by atoms with Crippen molar-refractivity contribution in [3.05, 3.63) is 29.3 Å². The highest BCUT2D eigenvalue weighted by molar-refractivity contribution is 6.02. The van der Waals surface area contributed by atoms with Crippen molar-refractivity contribution in [1.82, 2.24) is 4.90 Å². The van der Waals surface area contributed by atoms with Gasteiger partial charge in [-0.05, 0) is 57.9 Å². The lowest BCUT2D eigenvalue weighted by molar-refractivity contribution is -0.188. The van der Waals surface area contributed by atoms with Crippen molar-refractivity contribution in [2.75, 3.05) is 31.1 Å². The van der Waals surface area contributed by atoms with Crippen molar-refractivity contribution < 1.29 is 33.4 Å². The Morgan fingerprint density at radius 1 is 1.12 bits per heavy atom. The highest BCUT2D eigenvalue weighted by atomic mass is 16.6. The number of nitrogens with zero attached hydrogens (tertiary/aromatic N) is 2. The van der Waals surface area contributed by atoms with Gasteiger partial charge >= 0.3 is 11.9 Å². The molecule has 0 aliphatic carbocycles. The third kappa shape index (κ3) is 5.45. The molecule has 0 bridgehead atoms. The molecule has 174 valence electrons. The number of anilines is 1. The molecule has 2 aliphatic heterocycles. The van der Waals surface area contributed by atoms with Crippen LogP contribution in [0.5, 0.6) is 0 Å². The topological polar surface area (TPSA) is 102 Å². The van der Waals surface area contributed by atoms with Crippen LogP contribution in [0.25, 0.3) is 0 Å². The third-order valence-corrected chi connectivity index (χ3v) is 5.09. The number of carbonyl (C=O) groups excluding carboxylic acids is 4. The molecule has 2 amide bonds. The van der Waals surface area contributed by atoms with Gasteiger partial charge in [-0.2, -0.15) is 0 Å². The zero-order chi connectivity index (χ0) is 23.6. The lowest BCUT2D eigenvalue weighted by Gasteiger charge is -2.36. The van der Waals surface area contributed by atoms with Crippen LogP contribution in [0.1, 0.15) is 50.0 Å². The van der Waals surface area contributed by atoms with E-state index in [9.17, 15) is 19.2 Å².